The van der Waals surface area contributed by atoms with Crippen molar-refractivity contribution in [3.63, 3.8) is 0 Å². The van der Waals surface area contributed by atoms with Gasteiger partial charge in [-0.15, -0.1) is 0 Å². The average Bonchev–Trinajstić information content (AvgIpc) is 3.20. The number of carbonyl (C=O) groups is 1. The number of anilines is 1. The van der Waals surface area contributed by atoms with Gasteiger partial charge < -0.3 is 10.1 Å². The Labute approximate surface area is 180 Å². The molecule has 0 radical (unpaired) electrons. The van der Waals surface area contributed by atoms with Crippen LogP contribution >= 0.6 is 11.8 Å². The maximum absolute atomic E-state index is 12.7. The van der Waals surface area contributed by atoms with E-state index in [2.05, 4.69) is 25.1 Å². The van der Waals surface area contributed by atoms with E-state index in [9.17, 15) is 13.6 Å². The standard InChI is InChI=1S/C21H17F2N5O2S/c1-13(19(29)27-16-9-5-6-10-17(16)30-21(22)23)31-20-15-11-26-28(18(15)24-12-25-20)14-7-3-2-4-8-14/h2-13,21H,1H3,(H,27,29). The minimum Gasteiger partial charge on any atom is -0.433 e. The predicted octanol–water partition coefficient (Wildman–Crippen LogP) is 4.54. The highest BCUT2D eigenvalue weighted by Crippen LogP contribution is 2.31. The van der Waals surface area contributed by atoms with Crippen LogP contribution in [0.4, 0.5) is 14.5 Å². The van der Waals surface area contributed by atoms with Gasteiger partial charge in [-0.3, -0.25) is 4.79 Å². The highest BCUT2D eigenvalue weighted by Gasteiger charge is 2.20. The first-order valence-electron chi connectivity index (χ1n) is 9.28. The Kier molecular flexibility index (Phi) is 6.08. The third-order valence-electron chi connectivity index (χ3n) is 4.35. The number of carbonyl (C=O) groups excluding carboxylic acids is 1. The van der Waals surface area contributed by atoms with Crippen LogP contribution in [-0.2, 0) is 4.79 Å². The molecule has 0 saturated carbocycles. The van der Waals surface area contributed by atoms with E-state index in [1.807, 2.05) is 30.3 Å². The average molecular weight is 441 g/mol. The molecule has 0 aliphatic carbocycles. The van der Waals surface area contributed by atoms with Crippen LogP contribution in [0.5, 0.6) is 5.75 Å². The molecule has 158 valence electrons. The minimum atomic E-state index is -2.99. The topological polar surface area (TPSA) is 81.9 Å². The molecule has 2 heterocycles. The number of nitrogens with one attached hydrogen (secondary N) is 1. The molecule has 0 saturated heterocycles. The lowest BCUT2D eigenvalue weighted by molar-refractivity contribution is -0.115. The Morgan fingerprint density at radius 3 is 2.61 bits per heavy atom. The zero-order valence-corrected chi connectivity index (χ0v) is 17.1. The Balaban J connectivity index is 1.53. The summed E-state index contributed by atoms with van der Waals surface area (Å²) >= 11 is 1.22. The first-order chi connectivity index (χ1) is 15.0. The van der Waals surface area contributed by atoms with Crippen molar-refractivity contribution in [3.8, 4) is 11.4 Å². The lowest BCUT2D eigenvalue weighted by atomic mass is 10.3. The smallest absolute Gasteiger partial charge is 0.387 e. The molecular weight excluding hydrogens is 424 g/mol. The van der Waals surface area contributed by atoms with Gasteiger partial charge in [-0.2, -0.15) is 13.9 Å². The SMILES string of the molecule is CC(Sc1ncnc2c1cnn2-c1ccccc1)C(=O)Nc1ccccc1OC(F)F. The van der Waals surface area contributed by atoms with Gasteiger partial charge in [0, 0.05) is 0 Å². The number of nitrogens with zero attached hydrogens (tertiary/aromatic N) is 4. The van der Waals surface area contributed by atoms with E-state index in [1.54, 1.807) is 29.9 Å². The molecule has 4 rings (SSSR count). The zero-order chi connectivity index (χ0) is 21.8. The van der Waals surface area contributed by atoms with Crippen molar-refractivity contribution in [2.45, 2.75) is 23.8 Å². The van der Waals surface area contributed by atoms with E-state index in [0.29, 0.717) is 16.1 Å². The molecule has 0 aliphatic heterocycles. The second kappa shape index (κ2) is 9.09. The number of hydrogen-bond donors (Lipinski definition) is 1. The predicted molar refractivity (Wildman–Crippen MR) is 114 cm³/mol. The molecule has 1 atom stereocenters. The first-order valence-corrected chi connectivity index (χ1v) is 10.2. The second-order valence-corrected chi connectivity index (χ2v) is 7.76. The number of amides is 1. The summed E-state index contributed by atoms with van der Waals surface area (Å²) in [6, 6.07) is 15.6. The molecule has 2 aromatic heterocycles. The van der Waals surface area contributed by atoms with Crippen LogP contribution in [0, 0.1) is 0 Å². The van der Waals surface area contributed by atoms with Crippen molar-refractivity contribution in [3.05, 3.63) is 67.1 Å². The minimum absolute atomic E-state index is 0.100. The van der Waals surface area contributed by atoms with E-state index in [4.69, 9.17) is 0 Å². The number of para-hydroxylation sites is 3. The van der Waals surface area contributed by atoms with E-state index in [1.165, 1.54) is 30.2 Å². The molecule has 1 N–H and O–H groups in total. The third-order valence-corrected chi connectivity index (χ3v) is 5.46. The summed E-state index contributed by atoms with van der Waals surface area (Å²) in [4.78, 5) is 21.3. The molecule has 2 aromatic carbocycles. The van der Waals surface area contributed by atoms with Gasteiger partial charge in [-0.05, 0) is 31.2 Å². The molecular formula is C21H17F2N5O2S. The number of rotatable bonds is 7. The lowest BCUT2D eigenvalue weighted by Gasteiger charge is -2.14. The van der Waals surface area contributed by atoms with Crippen molar-refractivity contribution >= 4 is 34.4 Å². The summed E-state index contributed by atoms with van der Waals surface area (Å²) in [5.41, 5.74) is 1.64. The number of fused-ring (bicyclic) bond motifs is 1. The van der Waals surface area contributed by atoms with E-state index in [0.717, 1.165) is 5.69 Å². The van der Waals surface area contributed by atoms with E-state index in [-0.39, 0.29) is 17.3 Å². The normalized spacial score (nSPS) is 12.1. The van der Waals surface area contributed by atoms with Gasteiger partial charge in [0.05, 0.1) is 28.2 Å². The quantitative estimate of drug-likeness (QED) is 0.335. The van der Waals surface area contributed by atoms with Gasteiger partial charge in [-0.25, -0.2) is 14.6 Å². The fourth-order valence-electron chi connectivity index (χ4n) is 2.90. The summed E-state index contributed by atoms with van der Waals surface area (Å²) in [7, 11) is 0. The monoisotopic (exact) mass is 441 g/mol. The second-order valence-electron chi connectivity index (χ2n) is 6.43. The number of alkyl halides is 2. The number of ether oxygens (including phenoxy) is 1. The van der Waals surface area contributed by atoms with Crippen LogP contribution in [-0.4, -0.2) is 37.5 Å². The Hall–Kier alpha value is -3.53. The number of halogens is 2. The maximum atomic E-state index is 12.7. The third kappa shape index (κ3) is 4.64. The highest BCUT2D eigenvalue weighted by atomic mass is 32.2. The number of benzene rings is 2. The molecule has 1 unspecified atom stereocenters. The summed E-state index contributed by atoms with van der Waals surface area (Å²) in [6.07, 6.45) is 3.07. The van der Waals surface area contributed by atoms with Crippen LogP contribution < -0.4 is 10.1 Å². The van der Waals surface area contributed by atoms with Gasteiger partial charge in [0.2, 0.25) is 5.91 Å². The molecule has 10 heteroatoms. The van der Waals surface area contributed by atoms with Crippen LogP contribution in [0.2, 0.25) is 0 Å². The molecule has 1 amide bonds. The summed E-state index contributed by atoms with van der Waals surface area (Å²) in [5.74, 6) is -0.478. The summed E-state index contributed by atoms with van der Waals surface area (Å²) in [6.45, 7) is -1.29. The van der Waals surface area contributed by atoms with Crippen molar-refractivity contribution < 1.29 is 18.3 Å². The number of thioether (sulfide) groups is 1. The molecule has 4 aromatic rings. The van der Waals surface area contributed by atoms with Crippen molar-refractivity contribution in [1.29, 1.82) is 0 Å². The van der Waals surface area contributed by atoms with Crippen LogP contribution in [0.1, 0.15) is 6.92 Å². The summed E-state index contributed by atoms with van der Waals surface area (Å²) < 4.78 is 31.4. The van der Waals surface area contributed by atoms with Gasteiger partial charge in [-0.1, -0.05) is 42.1 Å². The van der Waals surface area contributed by atoms with Gasteiger partial charge >= 0.3 is 6.61 Å². The lowest BCUT2D eigenvalue weighted by Crippen LogP contribution is -2.23. The maximum Gasteiger partial charge on any atom is 0.387 e. The number of aromatic nitrogens is 4. The highest BCUT2D eigenvalue weighted by molar-refractivity contribution is 8.00. The van der Waals surface area contributed by atoms with E-state index >= 15 is 0 Å². The molecule has 0 bridgehead atoms. The van der Waals surface area contributed by atoms with Crippen LogP contribution in [0.25, 0.3) is 16.7 Å². The fraction of sp³-hybridized carbons (Fsp3) is 0.143. The van der Waals surface area contributed by atoms with Crippen molar-refractivity contribution in [2.24, 2.45) is 0 Å². The molecule has 7 nitrogen and oxygen atoms in total. The molecule has 0 aliphatic rings. The van der Waals surface area contributed by atoms with Gasteiger partial charge in [0.15, 0.2) is 5.65 Å². The summed E-state index contributed by atoms with van der Waals surface area (Å²) in [5, 5.41) is 7.75. The van der Waals surface area contributed by atoms with Crippen molar-refractivity contribution in [2.75, 3.05) is 5.32 Å². The fourth-order valence-corrected chi connectivity index (χ4v) is 3.78. The van der Waals surface area contributed by atoms with Gasteiger partial charge in [0.25, 0.3) is 0 Å². The van der Waals surface area contributed by atoms with Gasteiger partial charge in [0.1, 0.15) is 17.1 Å². The molecule has 0 fully saturated rings. The van der Waals surface area contributed by atoms with Crippen LogP contribution in [0.3, 0.4) is 0 Å². The van der Waals surface area contributed by atoms with Crippen molar-refractivity contribution in [1.82, 2.24) is 19.7 Å². The largest absolute Gasteiger partial charge is 0.433 e. The Morgan fingerprint density at radius 2 is 1.84 bits per heavy atom. The van der Waals surface area contributed by atoms with E-state index < -0.39 is 11.9 Å². The Bertz CT molecular complexity index is 1200. The first kappa shape index (κ1) is 20.7. The molecule has 0 spiro atoms. The van der Waals surface area contributed by atoms with Crippen LogP contribution in [0.15, 0.2) is 72.1 Å². The Morgan fingerprint density at radius 1 is 1.10 bits per heavy atom. The number of hydrogen-bond acceptors (Lipinski definition) is 6. The zero-order valence-electron chi connectivity index (χ0n) is 16.3. The molecule has 31 heavy (non-hydrogen) atoms.